The number of ketones is 1. The molecule has 0 aromatic heterocycles. The number of hydrogen-bond acceptors (Lipinski definition) is 4. The van der Waals surface area contributed by atoms with Crippen molar-refractivity contribution in [1.82, 2.24) is 0 Å². The Morgan fingerprint density at radius 2 is 1.92 bits per heavy atom. The predicted molar refractivity (Wildman–Crippen MR) is 94.4 cm³/mol. The number of carbonyl (C=O) groups excluding carboxylic acids is 1. The van der Waals surface area contributed by atoms with Crippen LogP contribution in [0.3, 0.4) is 0 Å². The normalized spacial score (nSPS) is 37.2. The monoisotopic (exact) mass is 363 g/mol. The summed E-state index contributed by atoms with van der Waals surface area (Å²) in [5.74, 6) is 1.59. The number of benzene rings is 1. The van der Waals surface area contributed by atoms with Crippen LogP contribution in [0.25, 0.3) is 0 Å². The Morgan fingerprint density at radius 3 is 2.64 bits per heavy atom. The predicted octanol–water partition coefficient (Wildman–Crippen LogP) is 3.08. The first-order valence-electron chi connectivity index (χ1n) is 9.02. The lowest BCUT2D eigenvalue weighted by Gasteiger charge is -2.55. The van der Waals surface area contributed by atoms with Crippen LogP contribution in [0.2, 0.25) is 0 Å². The number of nitrogens with two attached hydrogens (primary N) is 1. The minimum Gasteiger partial charge on any atom is -0.371 e. The van der Waals surface area contributed by atoms with Gasteiger partial charge in [0.15, 0.2) is 0 Å². The molecule has 3 aliphatic rings. The quantitative estimate of drug-likeness (QED) is 0.875. The summed E-state index contributed by atoms with van der Waals surface area (Å²) in [6.45, 7) is 4.53. The zero-order valence-electron chi connectivity index (χ0n) is 14.7. The molecule has 0 spiro atoms. The van der Waals surface area contributed by atoms with E-state index in [-0.39, 0.29) is 16.6 Å². The van der Waals surface area contributed by atoms with Crippen molar-refractivity contribution < 1.29 is 17.4 Å². The Labute approximate surface area is 149 Å². The summed E-state index contributed by atoms with van der Waals surface area (Å²) in [5.41, 5.74) is 2.42. The molecule has 0 aliphatic heterocycles. The highest BCUT2D eigenvalue weighted by molar-refractivity contribution is 7.84. The number of hydrogen-bond donors (Lipinski definition) is 1. The molecular weight excluding hydrogens is 338 g/mol. The molecule has 0 unspecified atom stereocenters. The molecule has 2 fully saturated rings. The molecule has 136 valence electrons. The molecule has 4 atom stereocenters. The summed E-state index contributed by atoms with van der Waals surface area (Å²) in [5, 5.41) is 4.97. The third-order valence-corrected chi connectivity index (χ3v) is 7.67. The number of aryl methyl sites for hydroxylation is 1. The molecule has 6 heteroatoms. The third-order valence-electron chi connectivity index (χ3n) is 7.25. The molecular formula is C19H25NO4S. The van der Waals surface area contributed by atoms with E-state index in [4.69, 9.17) is 9.32 Å². The largest absolute Gasteiger partial charge is 0.380 e. The van der Waals surface area contributed by atoms with Gasteiger partial charge in [0.2, 0.25) is 0 Å². The molecule has 0 saturated heterocycles. The third kappa shape index (κ3) is 2.53. The molecule has 4 rings (SSSR count). The zero-order chi connectivity index (χ0) is 18.0. The van der Waals surface area contributed by atoms with Gasteiger partial charge in [-0.05, 0) is 72.6 Å². The van der Waals surface area contributed by atoms with Crippen LogP contribution in [0.15, 0.2) is 18.2 Å². The van der Waals surface area contributed by atoms with Crippen molar-refractivity contribution in [2.24, 2.45) is 21.9 Å². The van der Waals surface area contributed by atoms with Crippen LogP contribution in [0.5, 0.6) is 5.75 Å². The van der Waals surface area contributed by atoms with E-state index in [1.54, 1.807) is 6.07 Å². The highest BCUT2D eigenvalue weighted by atomic mass is 32.2. The fourth-order valence-electron chi connectivity index (χ4n) is 6.05. The second kappa shape index (κ2) is 5.30. The molecule has 0 bridgehead atoms. The summed E-state index contributed by atoms with van der Waals surface area (Å²) < 4.78 is 27.2. The topological polar surface area (TPSA) is 86.5 Å². The molecule has 2 saturated carbocycles. The highest BCUT2D eigenvalue weighted by Crippen LogP contribution is 2.65. The molecule has 0 heterocycles. The van der Waals surface area contributed by atoms with Crippen molar-refractivity contribution in [3.05, 3.63) is 29.3 Å². The van der Waals surface area contributed by atoms with Gasteiger partial charge >= 0.3 is 10.3 Å². The van der Waals surface area contributed by atoms with E-state index >= 15 is 0 Å². The van der Waals surface area contributed by atoms with E-state index < -0.39 is 10.3 Å². The molecule has 3 aliphatic carbocycles. The first-order chi connectivity index (χ1) is 11.6. The van der Waals surface area contributed by atoms with Crippen molar-refractivity contribution in [3.8, 4) is 5.75 Å². The lowest BCUT2D eigenvalue weighted by Crippen LogP contribution is -2.49. The standard InChI is InChI=1S/C19H25NO4S/c1-18-9-7-12-11-13(24-25(20,22)23)3-4-14(12)15(18)8-10-19(2)16(18)5-6-17(19)21/h3-4,11,15-16H,5-10H2,1-2H3,(H2,20,22,23)/t15-,16+,18-,19+/m1/s1. The van der Waals surface area contributed by atoms with Gasteiger partial charge in [-0.15, -0.1) is 0 Å². The maximum atomic E-state index is 12.5. The van der Waals surface area contributed by atoms with Crippen molar-refractivity contribution in [3.63, 3.8) is 0 Å². The van der Waals surface area contributed by atoms with Crippen molar-refractivity contribution >= 4 is 16.1 Å². The fraction of sp³-hybridized carbons (Fsp3) is 0.632. The Kier molecular flexibility index (Phi) is 3.61. The van der Waals surface area contributed by atoms with Gasteiger partial charge < -0.3 is 4.18 Å². The van der Waals surface area contributed by atoms with Crippen LogP contribution in [0.1, 0.15) is 63.0 Å². The van der Waals surface area contributed by atoms with Crippen molar-refractivity contribution in [2.75, 3.05) is 0 Å². The van der Waals surface area contributed by atoms with Gasteiger partial charge in [-0.25, -0.2) is 0 Å². The van der Waals surface area contributed by atoms with Gasteiger partial charge in [0.1, 0.15) is 11.5 Å². The van der Waals surface area contributed by atoms with Gasteiger partial charge in [-0.3, -0.25) is 4.79 Å². The molecule has 2 N–H and O–H groups in total. The SMILES string of the molecule is C[C@@]12CCc3cc(OS(N)(=O)=O)ccc3[C@H]1CC[C@]1(C)C(=O)CC[C@@H]21. The molecule has 0 amide bonds. The Bertz CT molecular complexity index is 849. The van der Waals surface area contributed by atoms with E-state index in [1.807, 2.05) is 12.1 Å². The fourth-order valence-corrected chi connectivity index (χ4v) is 6.42. The average molecular weight is 363 g/mol. The van der Waals surface area contributed by atoms with Crippen LogP contribution < -0.4 is 9.32 Å². The number of Topliss-reactive ketones (excluding diaryl/α,β-unsaturated/α-hetero) is 1. The van der Waals surface area contributed by atoms with Crippen LogP contribution in [-0.2, 0) is 21.5 Å². The van der Waals surface area contributed by atoms with Crippen molar-refractivity contribution in [2.45, 2.75) is 58.3 Å². The summed E-state index contributed by atoms with van der Waals surface area (Å²) in [4.78, 5) is 12.5. The Hall–Kier alpha value is -1.40. The van der Waals surface area contributed by atoms with E-state index in [0.29, 0.717) is 17.6 Å². The molecule has 1 aromatic rings. The van der Waals surface area contributed by atoms with Gasteiger partial charge in [0, 0.05) is 11.8 Å². The maximum absolute atomic E-state index is 12.5. The minimum atomic E-state index is -4.00. The minimum absolute atomic E-state index is 0.133. The van der Waals surface area contributed by atoms with Gasteiger partial charge in [-0.2, -0.15) is 13.6 Å². The molecule has 5 nitrogen and oxygen atoms in total. The summed E-state index contributed by atoms with van der Waals surface area (Å²) >= 11 is 0. The van der Waals surface area contributed by atoms with Gasteiger partial charge in [-0.1, -0.05) is 19.9 Å². The van der Waals surface area contributed by atoms with E-state index in [2.05, 4.69) is 13.8 Å². The number of fused-ring (bicyclic) bond motifs is 5. The summed E-state index contributed by atoms with van der Waals surface area (Å²) in [7, 11) is -4.00. The van der Waals surface area contributed by atoms with Crippen LogP contribution >= 0.6 is 0 Å². The van der Waals surface area contributed by atoms with Crippen LogP contribution in [0, 0.1) is 16.7 Å². The van der Waals surface area contributed by atoms with E-state index in [9.17, 15) is 13.2 Å². The van der Waals surface area contributed by atoms with Gasteiger partial charge in [0.05, 0.1) is 0 Å². The van der Waals surface area contributed by atoms with E-state index in [1.165, 1.54) is 5.56 Å². The lowest BCUT2D eigenvalue weighted by atomic mass is 9.48. The second-order valence-corrected chi connectivity index (χ2v) is 9.62. The van der Waals surface area contributed by atoms with Gasteiger partial charge in [0.25, 0.3) is 0 Å². The van der Waals surface area contributed by atoms with Crippen LogP contribution in [0.4, 0.5) is 0 Å². The average Bonchev–Trinajstić information content (AvgIpc) is 2.82. The van der Waals surface area contributed by atoms with Crippen molar-refractivity contribution in [1.29, 1.82) is 0 Å². The molecule has 0 radical (unpaired) electrons. The summed E-state index contributed by atoms with van der Waals surface area (Å²) in [6, 6.07) is 5.51. The second-order valence-electron chi connectivity index (χ2n) is 8.47. The number of rotatable bonds is 2. The Balaban J connectivity index is 1.71. The smallest absolute Gasteiger partial charge is 0.371 e. The Morgan fingerprint density at radius 1 is 1.16 bits per heavy atom. The summed E-state index contributed by atoms with van der Waals surface area (Å²) in [6.07, 6.45) is 5.59. The number of carbonyl (C=O) groups is 1. The maximum Gasteiger partial charge on any atom is 0.380 e. The highest BCUT2D eigenvalue weighted by Gasteiger charge is 2.59. The molecule has 1 aromatic carbocycles. The zero-order valence-corrected chi connectivity index (χ0v) is 15.6. The van der Waals surface area contributed by atoms with Crippen LogP contribution in [-0.4, -0.2) is 14.2 Å². The first kappa shape index (κ1) is 17.0. The first-order valence-corrected chi connectivity index (χ1v) is 10.5. The molecule has 25 heavy (non-hydrogen) atoms. The van der Waals surface area contributed by atoms with E-state index in [0.717, 1.165) is 44.1 Å². The lowest BCUT2D eigenvalue weighted by molar-refractivity contribution is -0.132.